The number of alkyl halides is 1. The number of hydrogen-bond donors (Lipinski definition) is 0. The molecule has 0 radical (unpaired) electrons. The van der Waals surface area contributed by atoms with E-state index in [9.17, 15) is 0 Å². The first-order chi connectivity index (χ1) is 10.1. The third-order valence-electron chi connectivity index (χ3n) is 5.62. The second kappa shape index (κ2) is 8.50. The van der Waals surface area contributed by atoms with Gasteiger partial charge in [-0.3, -0.25) is 0 Å². The van der Waals surface area contributed by atoms with E-state index < -0.39 is 5.00 Å². The smallest absolute Gasteiger partial charge is 0.154 e. The third-order valence-corrected chi connectivity index (χ3v) is 6.00. The van der Waals surface area contributed by atoms with Crippen LogP contribution in [0.25, 0.3) is 0 Å². The molecule has 2 rings (SSSR count). The predicted molar refractivity (Wildman–Crippen MR) is 91.0 cm³/mol. The van der Waals surface area contributed by atoms with Gasteiger partial charge < -0.3 is 0 Å². The van der Waals surface area contributed by atoms with E-state index in [-0.39, 0.29) is 0 Å². The van der Waals surface area contributed by atoms with Gasteiger partial charge in [0.1, 0.15) is 0 Å². The maximum atomic E-state index is 6.74. The van der Waals surface area contributed by atoms with Gasteiger partial charge in [0.25, 0.3) is 0 Å². The van der Waals surface area contributed by atoms with E-state index in [1.165, 1.54) is 77.0 Å². The van der Waals surface area contributed by atoms with Gasteiger partial charge in [0.2, 0.25) is 0 Å². The molecule has 0 amide bonds. The Balaban J connectivity index is 1.90. The van der Waals surface area contributed by atoms with Crippen molar-refractivity contribution in [2.75, 3.05) is 0 Å². The number of rotatable bonds is 4. The molecule has 2 saturated carbocycles. The van der Waals surface area contributed by atoms with Crippen molar-refractivity contribution < 1.29 is 0 Å². The summed E-state index contributed by atoms with van der Waals surface area (Å²) in [5, 5.41) is 9.28. The summed E-state index contributed by atoms with van der Waals surface area (Å²) in [5.41, 5.74) is 0. The molecule has 2 aliphatic rings. The summed E-state index contributed by atoms with van der Waals surface area (Å²) < 4.78 is 0. The van der Waals surface area contributed by atoms with E-state index in [0.29, 0.717) is 12.0 Å². The van der Waals surface area contributed by atoms with E-state index in [1.807, 2.05) is 0 Å². The lowest BCUT2D eigenvalue weighted by molar-refractivity contribution is 0.325. The monoisotopic (exact) mass is 312 g/mol. The highest BCUT2D eigenvalue weighted by Crippen LogP contribution is 2.38. The van der Waals surface area contributed by atoms with Crippen molar-refractivity contribution in [3.05, 3.63) is 0 Å². The predicted octanol–water partition coefficient (Wildman–Crippen LogP) is 6.72. The molecule has 21 heavy (non-hydrogen) atoms. The van der Waals surface area contributed by atoms with E-state index in [1.54, 1.807) is 0 Å². The second-order valence-electron chi connectivity index (χ2n) is 7.42. The minimum absolute atomic E-state index is 0.340. The molecule has 122 valence electrons. The first kappa shape index (κ1) is 17.2. The van der Waals surface area contributed by atoms with Crippen LogP contribution < -0.4 is 0 Å². The van der Waals surface area contributed by atoms with Gasteiger partial charge in [0.15, 0.2) is 5.00 Å². The third kappa shape index (κ3) is 5.54. The Morgan fingerprint density at radius 3 is 1.86 bits per heavy atom. The van der Waals surface area contributed by atoms with E-state index in [0.717, 1.165) is 5.92 Å². The van der Waals surface area contributed by atoms with Crippen LogP contribution in [0.5, 0.6) is 0 Å². The Labute approximate surface area is 136 Å². The Morgan fingerprint density at radius 1 is 0.857 bits per heavy atom. The fourth-order valence-electron chi connectivity index (χ4n) is 3.98. The number of halogens is 1. The molecule has 0 spiro atoms. The summed E-state index contributed by atoms with van der Waals surface area (Å²) in [6.07, 6.45) is 15.9. The highest BCUT2D eigenvalue weighted by atomic mass is 35.5. The SMILES string of the molecule is CC(N=NC(C)(Cl)C1CCCCCC1)C1CCCCCC1. The summed E-state index contributed by atoms with van der Waals surface area (Å²) in [5.74, 6) is 1.23. The Morgan fingerprint density at radius 2 is 1.33 bits per heavy atom. The number of azo groups is 1. The summed E-state index contributed by atoms with van der Waals surface area (Å²) in [6.45, 7) is 4.31. The number of hydrogen-bond acceptors (Lipinski definition) is 2. The molecule has 0 aromatic rings. The van der Waals surface area contributed by atoms with Crippen LogP contribution >= 0.6 is 11.6 Å². The molecule has 0 heterocycles. The molecular weight excluding hydrogens is 280 g/mol. The zero-order valence-electron chi connectivity index (χ0n) is 14.0. The van der Waals surface area contributed by atoms with Crippen molar-refractivity contribution in [1.29, 1.82) is 0 Å². The van der Waals surface area contributed by atoms with Crippen LogP contribution in [0.1, 0.15) is 90.9 Å². The fourth-order valence-corrected chi connectivity index (χ4v) is 4.24. The first-order valence-electron chi connectivity index (χ1n) is 9.20. The molecule has 2 aliphatic carbocycles. The molecule has 2 unspecified atom stereocenters. The molecule has 0 aromatic heterocycles. The van der Waals surface area contributed by atoms with Gasteiger partial charge in [-0.15, -0.1) is 0 Å². The molecule has 0 bridgehead atoms. The number of nitrogens with zero attached hydrogens (tertiary/aromatic N) is 2. The van der Waals surface area contributed by atoms with Crippen LogP contribution in [-0.2, 0) is 0 Å². The zero-order chi connectivity index (χ0) is 15.1. The Hall–Kier alpha value is -0.110. The van der Waals surface area contributed by atoms with Crippen LogP contribution in [0.3, 0.4) is 0 Å². The molecular formula is C18H33ClN2. The molecule has 0 saturated heterocycles. The van der Waals surface area contributed by atoms with Gasteiger partial charge in [-0.25, -0.2) is 0 Å². The van der Waals surface area contributed by atoms with E-state index in [2.05, 4.69) is 24.1 Å². The molecule has 3 heteroatoms. The molecule has 2 fully saturated rings. The minimum Gasteiger partial charge on any atom is -0.189 e. The zero-order valence-corrected chi connectivity index (χ0v) is 14.7. The topological polar surface area (TPSA) is 24.7 Å². The average molecular weight is 313 g/mol. The van der Waals surface area contributed by atoms with Gasteiger partial charge >= 0.3 is 0 Å². The Bertz CT molecular complexity index is 311. The lowest BCUT2D eigenvalue weighted by Crippen LogP contribution is -2.26. The highest BCUT2D eigenvalue weighted by molar-refractivity contribution is 6.23. The highest BCUT2D eigenvalue weighted by Gasteiger charge is 2.32. The lowest BCUT2D eigenvalue weighted by atomic mass is 9.92. The van der Waals surface area contributed by atoms with Gasteiger partial charge in [-0.2, -0.15) is 10.2 Å². The molecule has 2 atom stereocenters. The van der Waals surface area contributed by atoms with Crippen molar-refractivity contribution in [3.8, 4) is 0 Å². The molecule has 2 nitrogen and oxygen atoms in total. The first-order valence-corrected chi connectivity index (χ1v) is 9.58. The fraction of sp³-hybridized carbons (Fsp3) is 1.00. The van der Waals surface area contributed by atoms with Gasteiger partial charge in [0.05, 0.1) is 6.04 Å². The standard InChI is InChI=1S/C18H33ClN2/c1-15(16-11-7-3-4-8-12-16)20-21-18(2,19)17-13-9-5-6-10-14-17/h15-17H,3-14H2,1-2H3. The van der Waals surface area contributed by atoms with Crippen molar-refractivity contribution >= 4 is 11.6 Å². The quantitative estimate of drug-likeness (QED) is 0.238. The molecule has 0 aliphatic heterocycles. The summed E-state index contributed by atoms with van der Waals surface area (Å²) in [4.78, 5) is -0.483. The van der Waals surface area contributed by atoms with E-state index >= 15 is 0 Å². The van der Waals surface area contributed by atoms with Gasteiger partial charge in [-0.1, -0.05) is 63.0 Å². The maximum Gasteiger partial charge on any atom is 0.154 e. The van der Waals surface area contributed by atoms with Crippen molar-refractivity contribution in [1.82, 2.24) is 0 Å². The molecule has 0 aromatic carbocycles. The summed E-state index contributed by atoms with van der Waals surface area (Å²) >= 11 is 6.74. The van der Waals surface area contributed by atoms with Crippen molar-refractivity contribution in [2.24, 2.45) is 22.1 Å². The normalized spacial score (nSPS) is 28.0. The average Bonchev–Trinajstić information content (AvgIpc) is 2.89. The largest absolute Gasteiger partial charge is 0.189 e. The second-order valence-corrected chi connectivity index (χ2v) is 8.19. The van der Waals surface area contributed by atoms with E-state index in [4.69, 9.17) is 11.6 Å². The minimum atomic E-state index is -0.483. The van der Waals surface area contributed by atoms with Crippen LogP contribution in [-0.4, -0.2) is 11.0 Å². The van der Waals surface area contributed by atoms with Crippen molar-refractivity contribution in [3.63, 3.8) is 0 Å². The molecule has 0 N–H and O–H groups in total. The van der Waals surface area contributed by atoms with Gasteiger partial charge in [0, 0.05) is 0 Å². The lowest BCUT2D eigenvalue weighted by Gasteiger charge is -2.27. The van der Waals surface area contributed by atoms with Crippen LogP contribution in [0, 0.1) is 11.8 Å². The maximum absolute atomic E-state index is 6.74. The van der Waals surface area contributed by atoms with Crippen LogP contribution in [0.4, 0.5) is 0 Å². The Kier molecular flexibility index (Phi) is 6.98. The van der Waals surface area contributed by atoms with Crippen LogP contribution in [0.15, 0.2) is 10.2 Å². The van der Waals surface area contributed by atoms with Crippen molar-refractivity contribution in [2.45, 2.75) is 102 Å². The summed E-state index contributed by atoms with van der Waals surface area (Å²) in [7, 11) is 0. The summed E-state index contributed by atoms with van der Waals surface area (Å²) in [6, 6.07) is 0.340. The van der Waals surface area contributed by atoms with Gasteiger partial charge in [-0.05, 0) is 51.4 Å². The van der Waals surface area contributed by atoms with Crippen LogP contribution in [0.2, 0.25) is 0 Å².